The summed E-state index contributed by atoms with van der Waals surface area (Å²) in [6, 6.07) is 7.72. The van der Waals surface area contributed by atoms with E-state index >= 15 is 0 Å². The molecule has 2 aromatic heterocycles. The van der Waals surface area contributed by atoms with Crippen LogP contribution in [0.5, 0.6) is 5.75 Å². The van der Waals surface area contributed by atoms with Crippen molar-refractivity contribution in [2.45, 2.75) is 65.6 Å². The number of aliphatic hydroxyl groups excluding tert-OH is 1. The fraction of sp³-hybridized carbons (Fsp3) is 0.536. The molecule has 8 nitrogen and oxygen atoms in total. The Kier molecular flexibility index (Phi) is 8.07. The third-order valence-electron chi connectivity index (χ3n) is 6.77. The molecule has 1 aliphatic rings. The van der Waals surface area contributed by atoms with E-state index in [4.69, 9.17) is 24.0 Å². The van der Waals surface area contributed by atoms with Gasteiger partial charge in [-0.1, -0.05) is 17.3 Å². The molecular weight excluding hydrogens is 456 g/mol. The number of nitrogens with one attached hydrogen (secondary N) is 1. The average Bonchev–Trinajstić information content (AvgIpc) is 3.16. The van der Waals surface area contributed by atoms with Crippen LogP contribution in [0.3, 0.4) is 0 Å². The number of likely N-dealkylation sites (N-methyl/N-ethyl adjacent to an activating group) is 1. The molecule has 3 aromatic rings. The molecule has 0 aliphatic carbocycles. The predicted molar refractivity (Wildman–Crippen MR) is 139 cm³/mol. The summed E-state index contributed by atoms with van der Waals surface area (Å²) in [6.45, 7) is 11.7. The third kappa shape index (κ3) is 6.11. The second kappa shape index (κ2) is 11.1. The van der Waals surface area contributed by atoms with Crippen LogP contribution in [-0.4, -0.2) is 58.7 Å². The lowest BCUT2D eigenvalue weighted by molar-refractivity contribution is -0.0722. The first-order chi connectivity index (χ1) is 17.2. The van der Waals surface area contributed by atoms with Crippen LogP contribution >= 0.6 is 0 Å². The highest BCUT2D eigenvalue weighted by Gasteiger charge is 2.30. The molecule has 8 heteroatoms. The first-order valence-corrected chi connectivity index (χ1v) is 12.7. The number of aliphatic hydroxyl groups is 1. The molecule has 0 spiro atoms. The Labute approximate surface area is 213 Å². The highest BCUT2D eigenvalue weighted by atomic mass is 16.5. The van der Waals surface area contributed by atoms with Gasteiger partial charge in [-0.05, 0) is 84.5 Å². The van der Waals surface area contributed by atoms with Crippen LogP contribution in [0.1, 0.15) is 49.4 Å². The Bertz CT molecular complexity index is 1170. The monoisotopic (exact) mass is 494 g/mol. The smallest absolute Gasteiger partial charge is 0.160 e. The molecule has 3 heterocycles. The first-order valence-electron chi connectivity index (χ1n) is 12.7. The van der Waals surface area contributed by atoms with Gasteiger partial charge >= 0.3 is 0 Å². The topological polar surface area (TPSA) is 103 Å². The van der Waals surface area contributed by atoms with Crippen molar-refractivity contribution in [2.75, 3.05) is 26.8 Å². The maximum Gasteiger partial charge on any atom is 0.160 e. The van der Waals surface area contributed by atoms with E-state index < -0.39 is 6.10 Å². The van der Waals surface area contributed by atoms with Crippen LogP contribution in [0.4, 0.5) is 0 Å². The molecule has 0 amide bonds. The van der Waals surface area contributed by atoms with Gasteiger partial charge in [0.25, 0.3) is 0 Å². The minimum absolute atomic E-state index is 0.124. The van der Waals surface area contributed by atoms with Crippen molar-refractivity contribution < 1.29 is 19.1 Å². The second-order valence-electron chi connectivity index (χ2n) is 10.4. The lowest BCUT2D eigenvalue weighted by Gasteiger charge is -2.35. The molecule has 194 valence electrons. The molecule has 0 bridgehead atoms. The third-order valence-corrected chi connectivity index (χ3v) is 6.77. The second-order valence-corrected chi connectivity index (χ2v) is 10.4. The van der Waals surface area contributed by atoms with Gasteiger partial charge in [-0.2, -0.15) is 0 Å². The van der Waals surface area contributed by atoms with E-state index in [0.29, 0.717) is 24.0 Å². The normalized spacial score (nSPS) is 18.2. The molecule has 36 heavy (non-hydrogen) atoms. The van der Waals surface area contributed by atoms with Crippen molar-refractivity contribution in [3.8, 4) is 28.4 Å². The van der Waals surface area contributed by atoms with Gasteiger partial charge in [0, 0.05) is 24.4 Å². The van der Waals surface area contributed by atoms with Crippen molar-refractivity contribution in [2.24, 2.45) is 5.92 Å². The Morgan fingerprint density at radius 3 is 2.72 bits per heavy atom. The first kappa shape index (κ1) is 26.3. The summed E-state index contributed by atoms with van der Waals surface area (Å²) in [5, 5.41) is 17.1. The number of ether oxygens (including phenoxy) is 2. The molecule has 1 aliphatic heterocycles. The number of hydrogen-bond acceptors (Lipinski definition) is 8. The molecule has 1 aromatic carbocycles. The van der Waals surface area contributed by atoms with Gasteiger partial charge in [0.1, 0.15) is 24.2 Å². The Hall–Kier alpha value is -2.81. The predicted octanol–water partition coefficient (Wildman–Crippen LogP) is 4.43. The van der Waals surface area contributed by atoms with Gasteiger partial charge in [0.2, 0.25) is 0 Å². The van der Waals surface area contributed by atoms with E-state index in [2.05, 4.69) is 31.2 Å². The minimum atomic E-state index is -0.587. The fourth-order valence-electron chi connectivity index (χ4n) is 4.97. The van der Waals surface area contributed by atoms with E-state index in [1.54, 1.807) is 7.05 Å². The number of benzene rings is 1. The summed E-state index contributed by atoms with van der Waals surface area (Å²) in [5.74, 6) is 2.53. The molecular formula is C28H38N4O4. The molecule has 1 saturated heterocycles. The summed E-state index contributed by atoms with van der Waals surface area (Å²) in [5.41, 5.74) is 5.42. The highest BCUT2D eigenvalue weighted by Crippen LogP contribution is 2.35. The van der Waals surface area contributed by atoms with Crippen LogP contribution in [0.15, 0.2) is 28.8 Å². The SMILES string of the molecule is CNCC(O)COc1cccc(-c2nc(CC3CCOC(C)(C)C3)c(C)c(-c3c(C)noc3C)n2)c1. The summed E-state index contributed by atoms with van der Waals surface area (Å²) in [7, 11) is 1.80. The number of aryl methyl sites for hydroxylation is 2. The van der Waals surface area contributed by atoms with Gasteiger partial charge in [-0.3, -0.25) is 0 Å². The average molecular weight is 495 g/mol. The zero-order chi connectivity index (χ0) is 25.9. The van der Waals surface area contributed by atoms with E-state index in [0.717, 1.165) is 65.4 Å². The zero-order valence-corrected chi connectivity index (χ0v) is 22.2. The Morgan fingerprint density at radius 1 is 1.22 bits per heavy atom. The molecule has 2 atom stereocenters. The van der Waals surface area contributed by atoms with Crippen LogP contribution in [0.2, 0.25) is 0 Å². The van der Waals surface area contributed by atoms with Gasteiger partial charge in [0.15, 0.2) is 5.82 Å². The molecule has 1 fully saturated rings. The fourth-order valence-corrected chi connectivity index (χ4v) is 4.97. The maximum absolute atomic E-state index is 10.0. The summed E-state index contributed by atoms with van der Waals surface area (Å²) >= 11 is 0. The molecule has 0 radical (unpaired) electrons. The van der Waals surface area contributed by atoms with E-state index in [9.17, 15) is 5.11 Å². The lowest BCUT2D eigenvalue weighted by atomic mass is 9.84. The van der Waals surface area contributed by atoms with Crippen molar-refractivity contribution in [1.82, 2.24) is 20.4 Å². The highest BCUT2D eigenvalue weighted by molar-refractivity contribution is 5.71. The molecule has 4 rings (SSSR count). The maximum atomic E-state index is 10.0. The van der Waals surface area contributed by atoms with Crippen molar-refractivity contribution in [3.05, 3.63) is 47.0 Å². The van der Waals surface area contributed by atoms with Crippen molar-refractivity contribution in [1.29, 1.82) is 0 Å². The Balaban J connectivity index is 1.72. The summed E-state index contributed by atoms with van der Waals surface area (Å²) in [6.07, 6.45) is 2.28. The Morgan fingerprint density at radius 2 is 2.03 bits per heavy atom. The van der Waals surface area contributed by atoms with Gasteiger partial charge in [-0.15, -0.1) is 0 Å². The van der Waals surface area contributed by atoms with Crippen molar-refractivity contribution >= 4 is 0 Å². The molecule has 0 saturated carbocycles. The minimum Gasteiger partial charge on any atom is -0.491 e. The lowest BCUT2D eigenvalue weighted by Crippen LogP contribution is -2.34. The number of rotatable bonds is 9. The largest absolute Gasteiger partial charge is 0.491 e. The van der Waals surface area contributed by atoms with Gasteiger partial charge < -0.3 is 24.4 Å². The van der Waals surface area contributed by atoms with E-state index in [1.807, 2.05) is 38.1 Å². The number of aromatic nitrogens is 3. The molecule has 2 unspecified atom stereocenters. The zero-order valence-electron chi connectivity index (χ0n) is 22.2. The summed E-state index contributed by atoms with van der Waals surface area (Å²) in [4.78, 5) is 10.1. The van der Waals surface area contributed by atoms with Crippen LogP contribution in [-0.2, 0) is 11.2 Å². The van der Waals surface area contributed by atoms with Gasteiger partial charge in [0.05, 0.1) is 22.6 Å². The summed E-state index contributed by atoms with van der Waals surface area (Å²) < 4.78 is 17.3. The van der Waals surface area contributed by atoms with E-state index in [-0.39, 0.29) is 12.2 Å². The number of hydrogen-bond donors (Lipinski definition) is 2. The van der Waals surface area contributed by atoms with Crippen LogP contribution in [0, 0.1) is 26.7 Å². The standard InChI is InChI=1S/C28H38N4O4/c1-17-24(12-20-10-11-35-28(4,5)14-20)30-27(31-26(17)25-18(2)32-36-19(25)3)21-8-7-9-23(13-21)34-16-22(33)15-29-6/h7-9,13,20,22,29,33H,10-12,14-16H2,1-6H3. The van der Waals surface area contributed by atoms with E-state index in [1.165, 1.54) is 0 Å². The van der Waals surface area contributed by atoms with Crippen LogP contribution < -0.4 is 10.1 Å². The van der Waals surface area contributed by atoms with Gasteiger partial charge in [-0.25, -0.2) is 9.97 Å². The van der Waals surface area contributed by atoms with Crippen molar-refractivity contribution in [3.63, 3.8) is 0 Å². The van der Waals surface area contributed by atoms with Crippen LogP contribution in [0.25, 0.3) is 22.6 Å². The molecule has 2 N–H and O–H groups in total. The number of nitrogens with zero attached hydrogens (tertiary/aromatic N) is 3. The quantitative estimate of drug-likeness (QED) is 0.450.